The number of hydrogen-bond acceptors (Lipinski definition) is 3. The monoisotopic (exact) mass is 430 g/mol. The summed E-state index contributed by atoms with van der Waals surface area (Å²) in [5.41, 5.74) is 3.10. The highest BCUT2D eigenvalue weighted by molar-refractivity contribution is 7.89. The fourth-order valence-corrected chi connectivity index (χ4v) is 5.15. The molecule has 0 aliphatic carbocycles. The lowest BCUT2D eigenvalue weighted by Gasteiger charge is -2.21. The molecule has 1 heterocycles. The molecule has 0 aromatic heterocycles. The van der Waals surface area contributed by atoms with Crippen LogP contribution in [0.15, 0.2) is 53.4 Å². The number of hydrogen-bond donors (Lipinski definition) is 2. The Morgan fingerprint density at radius 1 is 1.03 bits per heavy atom. The Labute approximate surface area is 179 Å². The zero-order chi connectivity index (χ0) is 21.7. The second kappa shape index (κ2) is 9.73. The smallest absolute Gasteiger partial charge is 0.282 e. The highest BCUT2D eigenvalue weighted by Gasteiger charge is 2.27. The number of anilines is 1. The van der Waals surface area contributed by atoms with E-state index in [0.717, 1.165) is 30.7 Å². The van der Waals surface area contributed by atoms with Crippen LogP contribution in [0.2, 0.25) is 0 Å². The maximum Gasteiger partial charge on any atom is 0.282 e. The minimum absolute atomic E-state index is 0.0900. The van der Waals surface area contributed by atoms with Crippen molar-refractivity contribution < 1.29 is 18.1 Å². The lowest BCUT2D eigenvalue weighted by atomic mass is 10.1. The lowest BCUT2D eigenvalue weighted by Crippen LogP contribution is -3.12. The van der Waals surface area contributed by atoms with Crippen molar-refractivity contribution in [3.8, 4) is 0 Å². The molecule has 6 nitrogen and oxygen atoms in total. The SMILES string of the molecule is CCc1ccc(C[NH+](C)[C@@H](C)C(=O)Nc2ccc(S(=O)(=O)N3CCCC3)cc2)cc1. The Morgan fingerprint density at radius 3 is 2.17 bits per heavy atom. The summed E-state index contributed by atoms with van der Waals surface area (Å²) in [5.74, 6) is -0.0900. The number of quaternary nitrogens is 1. The van der Waals surface area contributed by atoms with Crippen LogP contribution in [0.4, 0.5) is 5.69 Å². The number of carbonyl (C=O) groups excluding carboxylic acids is 1. The first kappa shape index (κ1) is 22.5. The molecule has 7 heteroatoms. The first-order valence-electron chi connectivity index (χ1n) is 10.6. The van der Waals surface area contributed by atoms with Gasteiger partial charge < -0.3 is 10.2 Å². The molecule has 162 valence electrons. The molecule has 0 saturated carbocycles. The van der Waals surface area contributed by atoms with Crippen LogP contribution in [0, 0.1) is 0 Å². The maximum absolute atomic E-state index is 12.7. The third kappa shape index (κ3) is 5.28. The maximum atomic E-state index is 12.7. The topological polar surface area (TPSA) is 70.9 Å². The second-order valence-electron chi connectivity index (χ2n) is 8.04. The highest BCUT2D eigenvalue weighted by atomic mass is 32.2. The zero-order valence-corrected chi connectivity index (χ0v) is 18.8. The van der Waals surface area contributed by atoms with E-state index >= 15 is 0 Å². The van der Waals surface area contributed by atoms with Gasteiger partial charge in [0.2, 0.25) is 10.0 Å². The fraction of sp³-hybridized carbons (Fsp3) is 0.435. The summed E-state index contributed by atoms with van der Waals surface area (Å²) in [6.45, 7) is 5.94. The van der Waals surface area contributed by atoms with Crippen LogP contribution in [-0.4, -0.2) is 44.8 Å². The Kier molecular flexibility index (Phi) is 7.28. The van der Waals surface area contributed by atoms with Crippen molar-refractivity contribution >= 4 is 21.6 Å². The molecule has 1 aliphatic heterocycles. The summed E-state index contributed by atoms with van der Waals surface area (Å²) in [4.78, 5) is 14.0. The van der Waals surface area contributed by atoms with Gasteiger partial charge in [-0.1, -0.05) is 31.2 Å². The molecule has 2 atom stereocenters. The molecule has 0 spiro atoms. The predicted molar refractivity (Wildman–Crippen MR) is 119 cm³/mol. The Balaban J connectivity index is 1.59. The number of nitrogens with zero attached hydrogens (tertiary/aromatic N) is 1. The van der Waals surface area contributed by atoms with E-state index in [1.54, 1.807) is 24.3 Å². The van der Waals surface area contributed by atoms with Crippen LogP contribution in [0.25, 0.3) is 0 Å². The van der Waals surface area contributed by atoms with Crippen molar-refractivity contribution in [2.45, 2.75) is 50.6 Å². The van der Waals surface area contributed by atoms with Crippen LogP contribution in [-0.2, 0) is 27.8 Å². The minimum atomic E-state index is -3.44. The zero-order valence-electron chi connectivity index (χ0n) is 18.0. The molecule has 1 amide bonds. The number of aryl methyl sites for hydroxylation is 1. The summed E-state index contributed by atoms with van der Waals surface area (Å²) in [6, 6.07) is 14.7. The summed E-state index contributed by atoms with van der Waals surface area (Å²) in [7, 11) is -1.43. The largest absolute Gasteiger partial charge is 0.324 e. The molecule has 1 saturated heterocycles. The number of likely N-dealkylation sites (N-methyl/N-ethyl adjacent to an activating group) is 1. The first-order chi connectivity index (χ1) is 14.3. The van der Waals surface area contributed by atoms with E-state index in [0.29, 0.717) is 18.8 Å². The third-order valence-corrected chi connectivity index (χ3v) is 7.78. The molecule has 2 aromatic carbocycles. The number of rotatable bonds is 8. The van der Waals surface area contributed by atoms with Gasteiger partial charge >= 0.3 is 0 Å². The quantitative estimate of drug-likeness (QED) is 0.674. The van der Waals surface area contributed by atoms with Crippen LogP contribution in [0.5, 0.6) is 0 Å². The third-order valence-electron chi connectivity index (χ3n) is 5.87. The minimum Gasteiger partial charge on any atom is -0.324 e. The molecule has 2 N–H and O–H groups in total. The average Bonchev–Trinajstić information content (AvgIpc) is 3.30. The van der Waals surface area contributed by atoms with Gasteiger partial charge in [-0.25, -0.2) is 8.42 Å². The van der Waals surface area contributed by atoms with Crippen LogP contribution in [0.3, 0.4) is 0 Å². The van der Waals surface area contributed by atoms with Gasteiger partial charge in [-0.05, 0) is 56.0 Å². The van der Waals surface area contributed by atoms with Gasteiger partial charge in [-0.15, -0.1) is 0 Å². The van der Waals surface area contributed by atoms with Crippen molar-refractivity contribution in [1.82, 2.24) is 4.31 Å². The molecule has 2 aromatic rings. The van der Waals surface area contributed by atoms with Crippen molar-refractivity contribution in [2.75, 3.05) is 25.5 Å². The molecule has 30 heavy (non-hydrogen) atoms. The van der Waals surface area contributed by atoms with Crippen LogP contribution < -0.4 is 10.2 Å². The number of sulfonamides is 1. The van der Waals surface area contributed by atoms with Crippen molar-refractivity contribution in [2.24, 2.45) is 0 Å². The van der Waals surface area contributed by atoms with Gasteiger partial charge in [0.15, 0.2) is 6.04 Å². The highest BCUT2D eigenvalue weighted by Crippen LogP contribution is 2.22. The summed E-state index contributed by atoms with van der Waals surface area (Å²) in [6.07, 6.45) is 2.83. The van der Waals surface area contributed by atoms with Gasteiger partial charge in [0, 0.05) is 24.3 Å². The van der Waals surface area contributed by atoms with Gasteiger partial charge in [-0.2, -0.15) is 4.31 Å². The number of nitrogens with one attached hydrogen (secondary N) is 2. The predicted octanol–water partition coefficient (Wildman–Crippen LogP) is 2.08. The summed E-state index contributed by atoms with van der Waals surface area (Å²) in [5, 5.41) is 2.91. The summed E-state index contributed by atoms with van der Waals surface area (Å²) < 4.78 is 26.8. The molecule has 1 fully saturated rings. The van der Waals surface area contributed by atoms with Crippen molar-refractivity contribution in [3.63, 3.8) is 0 Å². The molecular weight excluding hydrogens is 398 g/mol. The average molecular weight is 431 g/mol. The van der Waals surface area contributed by atoms with Crippen LogP contribution in [0.1, 0.15) is 37.8 Å². The first-order valence-corrected chi connectivity index (χ1v) is 12.1. The molecule has 1 unspecified atom stereocenters. The standard InChI is InChI=1S/C23H31N3O3S/c1-4-19-7-9-20(10-8-19)17-25(3)18(2)23(27)24-21-11-13-22(14-12-21)30(28,29)26-15-5-6-16-26/h7-14,18H,4-6,15-17H2,1-3H3,(H,24,27)/p+1/t18-/m0/s1. The van der Waals surface area contributed by atoms with Gasteiger partial charge in [0.05, 0.1) is 11.9 Å². The molecule has 0 radical (unpaired) electrons. The Bertz CT molecular complexity index is 950. The number of amides is 1. The van der Waals surface area contributed by atoms with E-state index in [1.807, 2.05) is 14.0 Å². The number of carbonyl (C=O) groups is 1. The van der Waals surface area contributed by atoms with E-state index in [-0.39, 0.29) is 16.8 Å². The second-order valence-corrected chi connectivity index (χ2v) is 9.98. The van der Waals surface area contributed by atoms with E-state index in [1.165, 1.54) is 15.4 Å². The van der Waals surface area contributed by atoms with Gasteiger partial charge in [-0.3, -0.25) is 4.79 Å². The molecule has 1 aliphatic rings. The van der Waals surface area contributed by atoms with Gasteiger partial charge in [0.25, 0.3) is 5.91 Å². The van der Waals surface area contributed by atoms with Gasteiger partial charge in [0.1, 0.15) is 6.54 Å². The lowest BCUT2D eigenvalue weighted by molar-refractivity contribution is -0.907. The van der Waals surface area contributed by atoms with E-state index < -0.39 is 10.0 Å². The normalized spacial score (nSPS) is 16.9. The van der Waals surface area contributed by atoms with E-state index in [4.69, 9.17) is 0 Å². The molecule has 0 bridgehead atoms. The van der Waals surface area contributed by atoms with Crippen molar-refractivity contribution in [1.29, 1.82) is 0 Å². The van der Waals surface area contributed by atoms with Crippen LogP contribution >= 0.6 is 0 Å². The Morgan fingerprint density at radius 2 is 1.60 bits per heavy atom. The Hall–Kier alpha value is -2.22. The molecular formula is C23H32N3O3S+. The fourth-order valence-electron chi connectivity index (χ4n) is 3.63. The van der Waals surface area contributed by atoms with Crippen molar-refractivity contribution in [3.05, 3.63) is 59.7 Å². The van der Waals surface area contributed by atoms with E-state index in [9.17, 15) is 13.2 Å². The molecule has 3 rings (SSSR count). The number of benzene rings is 2. The summed E-state index contributed by atoms with van der Waals surface area (Å²) >= 11 is 0. The van der Waals surface area contributed by atoms with E-state index in [2.05, 4.69) is 36.5 Å².